The summed E-state index contributed by atoms with van der Waals surface area (Å²) in [6.07, 6.45) is 6.07. The molecular formula is C45H58N8O5S. The van der Waals surface area contributed by atoms with E-state index in [0.717, 1.165) is 88.1 Å². The van der Waals surface area contributed by atoms with Crippen LogP contribution in [-0.2, 0) is 43.2 Å². The molecular weight excluding hydrogens is 765 g/mol. The predicted molar refractivity (Wildman–Crippen MR) is 231 cm³/mol. The zero-order valence-corrected chi connectivity index (χ0v) is 36.4. The Hall–Kier alpha value is -4.63. The lowest BCUT2D eigenvalue weighted by molar-refractivity contribution is -0.151. The summed E-state index contributed by atoms with van der Waals surface area (Å²) >= 11 is 1.48. The van der Waals surface area contributed by atoms with Crippen molar-refractivity contribution < 1.29 is 23.9 Å². The van der Waals surface area contributed by atoms with Crippen molar-refractivity contribution in [2.75, 3.05) is 58.4 Å². The van der Waals surface area contributed by atoms with Gasteiger partial charge in [0.2, 0.25) is 5.91 Å². The summed E-state index contributed by atoms with van der Waals surface area (Å²) in [5, 5.41) is 8.35. The number of cyclic esters (lactones) is 1. The van der Waals surface area contributed by atoms with Crippen LogP contribution in [0.2, 0.25) is 0 Å². The number of ether oxygens (including phenoxy) is 2. The Morgan fingerprint density at radius 3 is 2.61 bits per heavy atom. The highest BCUT2D eigenvalue weighted by Gasteiger charge is 2.49. The summed E-state index contributed by atoms with van der Waals surface area (Å²) in [5.41, 5.74) is 10.7. The molecule has 3 aromatic heterocycles. The van der Waals surface area contributed by atoms with Crippen LogP contribution in [0, 0.1) is 23.2 Å². The number of hydrogen-bond acceptors (Lipinski definition) is 11. The van der Waals surface area contributed by atoms with Crippen LogP contribution in [0.5, 0.6) is 0 Å². The van der Waals surface area contributed by atoms with Crippen molar-refractivity contribution in [1.29, 1.82) is 0 Å². The molecule has 59 heavy (non-hydrogen) atoms. The number of nitrogens with one attached hydrogen (secondary N) is 2. The van der Waals surface area contributed by atoms with E-state index in [4.69, 9.17) is 19.4 Å². The monoisotopic (exact) mass is 822 g/mol. The molecule has 1 unspecified atom stereocenters. The first-order valence-electron chi connectivity index (χ1n) is 21.0. The van der Waals surface area contributed by atoms with Crippen LogP contribution < -0.4 is 15.6 Å². The summed E-state index contributed by atoms with van der Waals surface area (Å²) in [4.78, 5) is 56.3. The van der Waals surface area contributed by atoms with Crippen molar-refractivity contribution in [1.82, 2.24) is 35.2 Å². The van der Waals surface area contributed by atoms with Gasteiger partial charge in [-0.25, -0.2) is 15.2 Å². The van der Waals surface area contributed by atoms with Crippen molar-refractivity contribution in [3.8, 4) is 22.5 Å². The normalized spacial score (nSPS) is 25.5. The minimum absolute atomic E-state index is 0.130. The molecule has 6 heterocycles. The average molecular weight is 823 g/mol. The van der Waals surface area contributed by atoms with Gasteiger partial charge in [-0.2, -0.15) is 0 Å². The van der Waals surface area contributed by atoms with Gasteiger partial charge in [-0.15, -0.1) is 11.3 Å². The molecule has 4 aliphatic rings. The van der Waals surface area contributed by atoms with Crippen LogP contribution in [-0.4, -0.2) is 108 Å². The Balaban J connectivity index is 1.26. The molecule has 8 rings (SSSR count). The van der Waals surface area contributed by atoms with Crippen molar-refractivity contribution in [2.24, 2.45) is 23.2 Å². The van der Waals surface area contributed by atoms with Gasteiger partial charge in [0.05, 0.1) is 53.2 Å². The lowest BCUT2D eigenvalue weighted by Gasteiger charge is -2.34. The SMILES string of the molecule is CCn1c(-c2cc(N3CCN(C)CC3)cnc2[C@H](C)OC)c2c3cc(ccc31)-c1csc(n1)C[C@H](NC(=O)C1[C@@H](C)[C@H]1C)C(=O)N1CC=C[C@H](N1)C(=O)OCC(C)(C)C2. The van der Waals surface area contributed by atoms with E-state index in [1.54, 1.807) is 19.3 Å². The molecule has 6 bridgehead atoms. The number of rotatable bonds is 7. The third kappa shape index (κ3) is 8.16. The maximum atomic E-state index is 14.2. The Labute approximate surface area is 351 Å². The van der Waals surface area contributed by atoms with Crippen LogP contribution >= 0.6 is 11.3 Å². The fourth-order valence-corrected chi connectivity index (χ4v) is 9.82. The summed E-state index contributed by atoms with van der Waals surface area (Å²) in [7, 11) is 3.89. The number of piperazine rings is 1. The van der Waals surface area contributed by atoms with Gasteiger partial charge in [0.15, 0.2) is 0 Å². The van der Waals surface area contributed by atoms with Gasteiger partial charge in [0, 0.05) is 85.0 Å². The largest absolute Gasteiger partial charge is 0.464 e. The van der Waals surface area contributed by atoms with Crippen LogP contribution in [0.3, 0.4) is 0 Å². The second-order valence-corrected chi connectivity index (χ2v) is 18.6. The number of hydrazine groups is 1. The fraction of sp³-hybridized carbons (Fsp3) is 0.533. The molecule has 3 aliphatic heterocycles. The number of aryl methyl sites for hydroxylation is 1. The number of thiazole rings is 1. The van der Waals surface area contributed by atoms with Crippen LogP contribution in [0.15, 0.2) is 48.0 Å². The second-order valence-electron chi connectivity index (χ2n) is 17.7. The van der Waals surface area contributed by atoms with Gasteiger partial charge in [-0.05, 0) is 62.9 Å². The molecule has 1 aromatic carbocycles. The number of hydrogen-bond donors (Lipinski definition) is 2. The number of aromatic nitrogens is 3. The molecule has 1 saturated carbocycles. The van der Waals surface area contributed by atoms with Gasteiger partial charge in [-0.1, -0.05) is 45.9 Å². The van der Waals surface area contributed by atoms with Crippen LogP contribution in [0.25, 0.3) is 33.4 Å². The molecule has 4 aromatic rings. The van der Waals surface area contributed by atoms with Crippen molar-refractivity contribution in [2.45, 2.75) is 79.1 Å². The van der Waals surface area contributed by atoms with E-state index in [9.17, 15) is 14.4 Å². The molecule has 6 atom stereocenters. The summed E-state index contributed by atoms with van der Waals surface area (Å²) in [6, 6.07) is 7.08. The van der Waals surface area contributed by atoms with Gasteiger partial charge in [-0.3, -0.25) is 19.6 Å². The van der Waals surface area contributed by atoms with E-state index in [1.165, 1.54) is 16.3 Å². The van der Waals surface area contributed by atoms with Crippen LogP contribution in [0.4, 0.5) is 5.69 Å². The summed E-state index contributed by atoms with van der Waals surface area (Å²) in [5.74, 6) is -0.557. The first-order valence-corrected chi connectivity index (χ1v) is 21.9. The number of likely N-dealkylation sites (N-methyl/N-ethyl adjacent to an activating group) is 1. The first kappa shape index (κ1) is 41.1. The number of anilines is 1. The Bertz CT molecular complexity index is 2270. The quantitative estimate of drug-likeness (QED) is 0.179. The van der Waals surface area contributed by atoms with Crippen molar-refractivity contribution in [3.63, 3.8) is 0 Å². The molecule has 2 amide bonds. The number of amides is 2. The molecule has 0 spiro atoms. The number of methoxy groups -OCH3 is 1. The Morgan fingerprint density at radius 1 is 1.14 bits per heavy atom. The third-order valence-electron chi connectivity index (χ3n) is 12.9. The zero-order chi connectivity index (χ0) is 41.7. The minimum Gasteiger partial charge on any atom is -0.464 e. The molecule has 2 N–H and O–H groups in total. The zero-order valence-electron chi connectivity index (χ0n) is 35.6. The molecule has 1 saturated heterocycles. The molecule has 14 heteroatoms. The topological polar surface area (TPSA) is 134 Å². The van der Waals surface area contributed by atoms with E-state index in [0.29, 0.717) is 6.42 Å². The first-order chi connectivity index (χ1) is 28.3. The van der Waals surface area contributed by atoms with Crippen molar-refractivity contribution in [3.05, 3.63) is 64.3 Å². The van der Waals surface area contributed by atoms with Gasteiger partial charge in [0.1, 0.15) is 12.1 Å². The van der Waals surface area contributed by atoms with Gasteiger partial charge < -0.3 is 29.2 Å². The highest BCUT2D eigenvalue weighted by atomic mass is 32.1. The number of benzene rings is 1. The van der Waals surface area contributed by atoms with Crippen LogP contribution in [0.1, 0.15) is 63.9 Å². The number of fused-ring (bicyclic) bond motifs is 6. The van der Waals surface area contributed by atoms with E-state index in [-0.39, 0.29) is 55.2 Å². The lowest BCUT2D eigenvalue weighted by atomic mass is 9.84. The highest BCUT2D eigenvalue weighted by Crippen LogP contribution is 2.46. The Morgan fingerprint density at radius 2 is 1.90 bits per heavy atom. The fourth-order valence-electron chi connectivity index (χ4n) is 8.97. The minimum atomic E-state index is -0.871. The summed E-state index contributed by atoms with van der Waals surface area (Å²) in [6.45, 7) is 17.5. The molecule has 314 valence electrons. The number of pyridine rings is 1. The highest BCUT2D eigenvalue weighted by molar-refractivity contribution is 7.10. The molecule has 2 fully saturated rings. The number of carbonyl (C=O) groups is 3. The second kappa shape index (κ2) is 16.4. The average Bonchev–Trinajstić information content (AvgIpc) is 3.50. The van der Waals surface area contributed by atoms with E-state index < -0.39 is 23.5 Å². The number of esters is 1. The van der Waals surface area contributed by atoms with Gasteiger partial charge >= 0.3 is 5.97 Å². The van der Waals surface area contributed by atoms with E-state index in [2.05, 4.69) is 91.0 Å². The maximum Gasteiger partial charge on any atom is 0.328 e. The lowest BCUT2D eigenvalue weighted by Crippen LogP contribution is -2.59. The van der Waals surface area contributed by atoms with Crippen molar-refractivity contribution >= 4 is 45.7 Å². The molecule has 1 aliphatic carbocycles. The predicted octanol–water partition coefficient (Wildman–Crippen LogP) is 5.63. The number of carbonyl (C=O) groups excluding carboxylic acids is 3. The molecule has 13 nitrogen and oxygen atoms in total. The van der Waals surface area contributed by atoms with E-state index >= 15 is 0 Å². The number of nitrogens with zero attached hydrogens (tertiary/aromatic N) is 6. The van der Waals surface area contributed by atoms with E-state index in [1.807, 2.05) is 18.5 Å². The van der Waals surface area contributed by atoms with Gasteiger partial charge in [0.25, 0.3) is 5.91 Å². The Kier molecular flexibility index (Phi) is 11.5. The third-order valence-corrected chi connectivity index (χ3v) is 13.8. The maximum absolute atomic E-state index is 14.2. The standard InChI is InChI=1S/C45H58N8O5S/c1-9-52-37-13-12-29-19-31(37)33(41(52)32-20-30(23-46-40(32)28(4)57-8)51-17-15-50(7)16-18-51)22-45(5,6)25-58-44(56)34-11-10-14-53(49-34)43(55)35(21-38-47-36(29)24-59-38)48-42(54)39-26(2)27(39)3/h10-13,19-20,23-24,26-28,34-35,39,49H,9,14-18,21-22,25H2,1-8H3,(H,48,54)/t26-,27+,28-,34-,35-,39?/m0/s1. The smallest absolute Gasteiger partial charge is 0.328 e. The molecule has 0 radical (unpaired) electrons. The summed E-state index contributed by atoms with van der Waals surface area (Å²) < 4.78 is 14.4.